The third kappa shape index (κ3) is 3.82. The van der Waals surface area contributed by atoms with Crippen LogP contribution in [0.5, 0.6) is 0 Å². The second-order valence-corrected chi connectivity index (χ2v) is 10.7. The largest absolute Gasteiger partial charge is 0.339 e. The van der Waals surface area contributed by atoms with E-state index in [0.29, 0.717) is 32.4 Å². The van der Waals surface area contributed by atoms with Gasteiger partial charge in [0.1, 0.15) is 6.04 Å². The van der Waals surface area contributed by atoms with E-state index < -0.39 is 27.8 Å². The number of likely N-dealkylation sites (tertiary alicyclic amines) is 1. The number of hydrogen-bond acceptors (Lipinski definition) is 6. The predicted molar refractivity (Wildman–Crippen MR) is 110 cm³/mol. The van der Waals surface area contributed by atoms with Gasteiger partial charge in [-0.15, -0.1) is 0 Å². The van der Waals surface area contributed by atoms with Crippen LogP contribution >= 0.6 is 0 Å². The number of rotatable bonds is 2. The molecule has 3 saturated heterocycles. The molecule has 2 N–H and O–H groups in total. The molecule has 0 aromatic heterocycles. The lowest BCUT2D eigenvalue weighted by molar-refractivity contribution is -0.145. The SMILES string of the molecule is N#CC1CN(C(=O)[C@@H]2CC[C@@H]3CCS(=O)(=O)C[C@H](N)C(=O)N32)CC1c1ccccc1. The Kier molecular flexibility index (Phi) is 5.55. The van der Waals surface area contributed by atoms with E-state index in [9.17, 15) is 23.3 Å². The highest BCUT2D eigenvalue weighted by atomic mass is 32.2. The van der Waals surface area contributed by atoms with E-state index in [0.717, 1.165) is 5.56 Å². The van der Waals surface area contributed by atoms with Gasteiger partial charge in [-0.2, -0.15) is 5.26 Å². The molecule has 0 bridgehead atoms. The zero-order valence-corrected chi connectivity index (χ0v) is 17.5. The van der Waals surface area contributed by atoms with Crippen molar-refractivity contribution in [2.75, 3.05) is 24.6 Å². The quantitative estimate of drug-likeness (QED) is 0.717. The Hall–Kier alpha value is -2.44. The summed E-state index contributed by atoms with van der Waals surface area (Å²) >= 11 is 0. The Labute approximate surface area is 176 Å². The summed E-state index contributed by atoms with van der Waals surface area (Å²) in [6, 6.07) is 9.95. The van der Waals surface area contributed by atoms with E-state index in [1.165, 1.54) is 0 Å². The van der Waals surface area contributed by atoms with Crippen molar-refractivity contribution in [2.24, 2.45) is 11.7 Å². The number of hydrogen-bond donors (Lipinski definition) is 1. The average Bonchev–Trinajstić information content (AvgIpc) is 3.35. The van der Waals surface area contributed by atoms with Crippen molar-refractivity contribution in [3.63, 3.8) is 0 Å². The van der Waals surface area contributed by atoms with Crippen molar-refractivity contribution < 1.29 is 18.0 Å². The Morgan fingerprint density at radius 2 is 1.87 bits per heavy atom. The van der Waals surface area contributed by atoms with E-state index in [-0.39, 0.29) is 35.3 Å². The molecule has 30 heavy (non-hydrogen) atoms. The van der Waals surface area contributed by atoms with Gasteiger partial charge in [0, 0.05) is 25.0 Å². The van der Waals surface area contributed by atoms with Crippen LogP contribution in [0, 0.1) is 17.2 Å². The van der Waals surface area contributed by atoms with Crippen molar-refractivity contribution in [1.82, 2.24) is 9.80 Å². The maximum Gasteiger partial charge on any atom is 0.245 e. The Balaban J connectivity index is 1.54. The summed E-state index contributed by atoms with van der Waals surface area (Å²) in [5.74, 6) is -1.40. The zero-order chi connectivity index (χ0) is 21.5. The van der Waals surface area contributed by atoms with Gasteiger partial charge in [-0.1, -0.05) is 30.3 Å². The van der Waals surface area contributed by atoms with Gasteiger partial charge in [0.25, 0.3) is 0 Å². The molecule has 3 aliphatic rings. The van der Waals surface area contributed by atoms with Crippen molar-refractivity contribution in [3.05, 3.63) is 35.9 Å². The monoisotopic (exact) mass is 430 g/mol. The molecule has 0 aliphatic carbocycles. The normalized spacial score (nSPS) is 33.5. The Bertz CT molecular complexity index is 974. The van der Waals surface area contributed by atoms with Crippen LogP contribution in [0.15, 0.2) is 30.3 Å². The number of benzene rings is 1. The number of nitrogens with two attached hydrogens (primary N) is 1. The van der Waals surface area contributed by atoms with E-state index in [4.69, 9.17) is 5.73 Å². The molecule has 160 valence electrons. The first-order chi connectivity index (χ1) is 14.3. The van der Waals surface area contributed by atoms with Crippen molar-refractivity contribution in [2.45, 2.75) is 43.3 Å². The van der Waals surface area contributed by atoms with E-state index in [2.05, 4.69) is 6.07 Å². The molecule has 0 radical (unpaired) electrons. The topological polar surface area (TPSA) is 125 Å². The number of sulfone groups is 1. The van der Waals surface area contributed by atoms with Gasteiger partial charge in [0.2, 0.25) is 11.8 Å². The average molecular weight is 431 g/mol. The smallest absolute Gasteiger partial charge is 0.245 e. The fourth-order valence-electron chi connectivity index (χ4n) is 5.04. The van der Waals surface area contributed by atoms with Gasteiger partial charge in [-0.25, -0.2) is 8.42 Å². The van der Waals surface area contributed by atoms with Crippen LogP contribution in [-0.4, -0.2) is 72.8 Å². The fourth-order valence-corrected chi connectivity index (χ4v) is 6.53. The van der Waals surface area contributed by atoms with Gasteiger partial charge in [-0.05, 0) is 24.8 Å². The first-order valence-electron chi connectivity index (χ1n) is 10.3. The van der Waals surface area contributed by atoms with Gasteiger partial charge in [-0.3, -0.25) is 9.59 Å². The molecule has 2 unspecified atom stereocenters. The number of nitriles is 1. The second kappa shape index (κ2) is 8.00. The highest BCUT2D eigenvalue weighted by Crippen LogP contribution is 2.35. The molecule has 9 heteroatoms. The van der Waals surface area contributed by atoms with Crippen LogP contribution in [0.25, 0.3) is 0 Å². The van der Waals surface area contributed by atoms with Crippen molar-refractivity contribution in [1.29, 1.82) is 5.26 Å². The summed E-state index contributed by atoms with van der Waals surface area (Å²) in [4.78, 5) is 29.5. The molecular formula is C21H26N4O4S. The molecule has 8 nitrogen and oxygen atoms in total. The molecule has 3 fully saturated rings. The molecule has 1 aromatic carbocycles. The lowest BCUT2D eigenvalue weighted by Crippen LogP contribution is -2.57. The number of fused-ring (bicyclic) bond motifs is 1. The van der Waals surface area contributed by atoms with Gasteiger partial charge in [0.05, 0.1) is 29.5 Å². The first kappa shape index (κ1) is 20.8. The molecule has 0 spiro atoms. The number of carbonyl (C=O) groups is 2. The van der Waals surface area contributed by atoms with Crippen molar-refractivity contribution >= 4 is 21.7 Å². The minimum atomic E-state index is -3.37. The highest BCUT2D eigenvalue weighted by Gasteiger charge is 2.47. The summed E-state index contributed by atoms with van der Waals surface area (Å²) in [6.07, 6.45) is 1.41. The van der Waals surface area contributed by atoms with Gasteiger partial charge < -0.3 is 15.5 Å². The standard InChI is InChI=1S/C21H26N4O4S/c22-10-15-11-24(12-17(15)14-4-2-1-3-5-14)21(27)19-7-6-16-8-9-30(28,29)13-18(23)20(26)25(16)19/h1-5,15-19H,6-9,11-13,23H2/t15?,16-,17?,18+,19+/m1/s1. The second-order valence-electron chi connectivity index (χ2n) is 8.50. The summed E-state index contributed by atoms with van der Waals surface area (Å²) in [7, 11) is -3.37. The number of amides is 2. The van der Waals surface area contributed by atoms with Crippen LogP contribution in [0.3, 0.4) is 0 Å². The zero-order valence-electron chi connectivity index (χ0n) is 16.7. The summed E-state index contributed by atoms with van der Waals surface area (Å²) in [5.41, 5.74) is 6.92. The minimum absolute atomic E-state index is 0.0215. The molecule has 2 amide bonds. The predicted octanol–water partition coefficient (Wildman–Crippen LogP) is 0.258. The third-order valence-corrected chi connectivity index (χ3v) is 8.30. The Morgan fingerprint density at radius 1 is 1.13 bits per heavy atom. The molecule has 4 rings (SSSR count). The van der Waals surface area contributed by atoms with Crippen LogP contribution < -0.4 is 5.73 Å². The highest BCUT2D eigenvalue weighted by molar-refractivity contribution is 7.91. The van der Waals surface area contributed by atoms with E-state index in [1.54, 1.807) is 9.80 Å². The molecule has 5 atom stereocenters. The van der Waals surface area contributed by atoms with Gasteiger partial charge >= 0.3 is 0 Å². The molecule has 3 heterocycles. The lowest BCUT2D eigenvalue weighted by atomic mass is 9.90. The van der Waals surface area contributed by atoms with E-state index >= 15 is 0 Å². The maximum absolute atomic E-state index is 13.4. The number of carbonyl (C=O) groups excluding carboxylic acids is 2. The maximum atomic E-state index is 13.4. The van der Waals surface area contributed by atoms with Crippen LogP contribution in [0.1, 0.15) is 30.7 Å². The molecule has 3 aliphatic heterocycles. The fraction of sp³-hybridized carbons (Fsp3) is 0.571. The van der Waals surface area contributed by atoms with Crippen LogP contribution in [0.2, 0.25) is 0 Å². The molecule has 1 aromatic rings. The minimum Gasteiger partial charge on any atom is -0.339 e. The molecule has 0 saturated carbocycles. The first-order valence-corrected chi connectivity index (χ1v) is 12.1. The summed E-state index contributed by atoms with van der Waals surface area (Å²) < 4.78 is 24.2. The number of nitrogens with zero attached hydrogens (tertiary/aromatic N) is 3. The Morgan fingerprint density at radius 3 is 2.57 bits per heavy atom. The summed E-state index contributed by atoms with van der Waals surface area (Å²) in [5, 5.41) is 9.62. The summed E-state index contributed by atoms with van der Waals surface area (Å²) in [6.45, 7) is 0.767. The lowest BCUT2D eigenvalue weighted by Gasteiger charge is -2.35. The third-order valence-electron chi connectivity index (χ3n) is 6.58. The van der Waals surface area contributed by atoms with Gasteiger partial charge in [0.15, 0.2) is 9.84 Å². The van der Waals surface area contributed by atoms with Crippen LogP contribution in [0.4, 0.5) is 0 Å². The van der Waals surface area contributed by atoms with E-state index in [1.807, 2.05) is 30.3 Å². The van der Waals surface area contributed by atoms with Crippen molar-refractivity contribution in [3.8, 4) is 6.07 Å². The molecular weight excluding hydrogens is 404 g/mol. The van der Waals surface area contributed by atoms with Crippen LogP contribution in [-0.2, 0) is 19.4 Å².